The molecule has 8 heteroatoms. The smallest absolute Gasteiger partial charge is 0.328 e. The molecule has 0 radical (unpaired) electrons. The monoisotopic (exact) mass is 513 g/mol. The van der Waals surface area contributed by atoms with Crippen molar-refractivity contribution in [1.29, 1.82) is 0 Å². The van der Waals surface area contributed by atoms with Crippen LogP contribution < -0.4 is 5.32 Å². The molecule has 0 bridgehead atoms. The lowest BCUT2D eigenvalue weighted by molar-refractivity contribution is -0.146. The third-order valence-corrected chi connectivity index (χ3v) is 6.46. The van der Waals surface area contributed by atoms with Crippen molar-refractivity contribution in [1.82, 2.24) is 5.32 Å². The maximum atomic E-state index is 13.6. The minimum atomic E-state index is -0.979. The maximum Gasteiger partial charge on any atom is 0.328 e. The largest absolute Gasteiger partial charge is 0.467 e. The van der Waals surface area contributed by atoms with Crippen LogP contribution in [0.1, 0.15) is 43.2 Å². The van der Waals surface area contributed by atoms with E-state index in [1.165, 1.54) is 31.4 Å². The lowest BCUT2D eigenvalue weighted by Gasteiger charge is -2.22. The summed E-state index contributed by atoms with van der Waals surface area (Å²) in [6.45, 7) is 0. The van der Waals surface area contributed by atoms with Crippen LogP contribution >= 0.6 is 11.6 Å². The van der Waals surface area contributed by atoms with Crippen molar-refractivity contribution in [3.05, 3.63) is 76.6 Å². The Morgan fingerprint density at radius 2 is 1.94 bits per heavy atom. The molecule has 2 aromatic carbocycles. The van der Waals surface area contributed by atoms with Gasteiger partial charge < -0.3 is 10.1 Å². The first-order valence-electron chi connectivity index (χ1n) is 11.9. The first-order valence-corrected chi connectivity index (χ1v) is 12.2. The van der Waals surface area contributed by atoms with Crippen LogP contribution in [-0.2, 0) is 30.3 Å². The summed E-state index contributed by atoms with van der Waals surface area (Å²) in [4.78, 5) is 50.5. The van der Waals surface area contributed by atoms with Gasteiger partial charge >= 0.3 is 5.97 Å². The van der Waals surface area contributed by atoms with Crippen LogP contribution in [0, 0.1) is 17.7 Å². The standard InChI is InChI=1S/C28H29ClFNO5/c1-36-28(35)25(16-20-8-5-9-26(20)33)31-27(34)21(12-18-6-3-2-4-7-18)15-24(32)11-10-19-13-22(29)17-23(30)14-19/h2-4,6-7,10-11,13-14,17,20-21,25H,5,8-9,12,15-16H2,1H3,(H,31,34)/b11-10+/t20-,21+,25-/m0/s1. The van der Waals surface area contributed by atoms with Gasteiger partial charge in [0, 0.05) is 29.7 Å². The summed E-state index contributed by atoms with van der Waals surface area (Å²) < 4.78 is 18.4. The summed E-state index contributed by atoms with van der Waals surface area (Å²) in [5.41, 5.74) is 1.27. The van der Waals surface area contributed by atoms with E-state index in [0.29, 0.717) is 18.4 Å². The van der Waals surface area contributed by atoms with Gasteiger partial charge in [0.25, 0.3) is 0 Å². The van der Waals surface area contributed by atoms with Crippen LogP contribution in [0.4, 0.5) is 4.39 Å². The summed E-state index contributed by atoms with van der Waals surface area (Å²) >= 11 is 5.87. The van der Waals surface area contributed by atoms with E-state index in [-0.39, 0.29) is 41.8 Å². The van der Waals surface area contributed by atoms with Crippen LogP contribution in [-0.4, -0.2) is 36.6 Å². The molecule has 1 saturated carbocycles. The Hall–Kier alpha value is -3.32. The zero-order valence-corrected chi connectivity index (χ0v) is 20.8. The zero-order valence-electron chi connectivity index (χ0n) is 20.0. The minimum absolute atomic E-state index is 0.0803. The number of hydrogen-bond acceptors (Lipinski definition) is 5. The number of esters is 1. The minimum Gasteiger partial charge on any atom is -0.467 e. The van der Waals surface area contributed by atoms with Gasteiger partial charge in [-0.05, 0) is 61.1 Å². The molecule has 0 spiro atoms. The van der Waals surface area contributed by atoms with E-state index in [0.717, 1.165) is 18.1 Å². The number of amides is 1. The third-order valence-electron chi connectivity index (χ3n) is 6.24. The molecule has 36 heavy (non-hydrogen) atoms. The van der Waals surface area contributed by atoms with Crippen molar-refractivity contribution < 1.29 is 28.3 Å². The number of benzene rings is 2. The van der Waals surface area contributed by atoms with Gasteiger partial charge in [0.1, 0.15) is 17.6 Å². The average Bonchev–Trinajstić information content (AvgIpc) is 3.25. The molecule has 2 aromatic rings. The predicted molar refractivity (Wildman–Crippen MR) is 135 cm³/mol. The zero-order chi connectivity index (χ0) is 26.1. The SMILES string of the molecule is COC(=O)[C@H](C[C@@H]1CCCC1=O)NC(=O)[C@@H](CC(=O)/C=C/c1cc(F)cc(Cl)c1)Cc1ccccc1. The van der Waals surface area contributed by atoms with Crippen molar-refractivity contribution in [2.24, 2.45) is 11.8 Å². The Bertz CT molecular complexity index is 1110. The summed E-state index contributed by atoms with van der Waals surface area (Å²) in [5, 5.41) is 2.93. The summed E-state index contributed by atoms with van der Waals surface area (Å²) in [6.07, 6.45) is 4.94. The van der Waals surface area contributed by atoms with Gasteiger partial charge in [0.2, 0.25) is 5.91 Å². The van der Waals surface area contributed by atoms with Crippen molar-refractivity contribution in [3.63, 3.8) is 0 Å². The van der Waals surface area contributed by atoms with Gasteiger partial charge in [-0.25, -0.2) is 9.18 Å². The number of rotatable bonds is 11. The highest BCUT2D eigenvalue weighted by Gasteiger charge is 2.33. The molecule has 190 valence electrons. The number of allylic oxidation sites excluding steroid dienone is 1. The molecule has 1 fully saturated rings. The Balaban J connectivity index is 1.75. The summed E-state index contributed by atoms with van der Waals surface area (Å²) in [5.74, 6) is -2.96. The number of hydrogen-bond donors (Lipinski definition) is 1. The normalized spacial score (nSPS) is 17.1. The molecular formula is C28H29ClFNO5. The molecule has 3 rings (SSSR count). The number of ether oxygens (including phenoxy) is 1. The summed E-state index contributed by atoms with van der Waals surface area (Å²) in [7, 11) is 1.23. The first kappa shape index (κ1) is 27.3. The molecule has 1 N–H and O–H groups in total. The Morgan fingerprint density at radius 1 is 1.19 bits per heavy atom. The van der Waals surface area contributed by atoms with Crippen LogP contribution in [0.5, 0.6) is 0 Å². The van der Waals surface area contributed by atoms with Crippen LogP contribution in [0.15, 0.2) is 54.6 Å². The number of methoxy groups -OCH3 is 1. The van der Waals surface area contributed by atoms with Crippen molar-refractivity contribution in [3.8, 4) is 0 Å². The maximum absolute atomic E-state index is 13.6. The molecule has 1 aliphatic carbocycles. The Kier molecular flexibility index (Phi) is 9.94. The second kappa shape index (κ2) is 13.1. The molecule has 3 atom stereocenters. The number of carbonyl (C=O) groups excluding carboxylic acids is 4. The fourth-order valence-corrected chi connectivity index (χ4v) is 4.63. The highest BCUT2D eigenvalue weighted by molar-refractivity contribution is 6.30. The van der Waals surface area contributed by atoms with E-state index in [1.54, 1.807) is 0 Å². The van der Waals surface area contributed by atoms with Gasteiger partial charge in [-0.15, -0.1) is 0 Å². The highest BCUT2D eigenvalue weighted by atomic mass is 35.5. The molecule has 0 aliphatic heterocycles. The second-order valence-electron chi connectivity index (χ2n) is 8.97. The molecule has 1 amide bonds. The number of Topliss-reactive ketones (excluding diaryl/α,β-unsaturated/α-hetero) is 1. The molecule has 0 aromatic heterocycles. The fourth-order valence-electron chi connectivity index (χ4n) is 4.40. The van der Waals surface area contributed by atoms with E-state index >= 15 is 0 Å². The number of carbonyl (C=O) groups is 4. The highest BCUT2D eigenvalue weighted by Crippen LogP contribution is 2.26. The van der Waals surface area contributed by atoms with E-state index < -0.39 is 29.7 Å². The van der Waals surface area contributed by atoms with Gasteiger partial charge in [-0.1, -0.05) is 48.0 Å². The lowest BCUT2D eigenvalue weighted by atomic mass is 9.91. The Morgan fingerprint density at radius 3 is 2.58 bits per heavy atom. The topological polar surface area (TPSA) is 89.5 Å². The molecule has 6 nitrogen and oxygen atoms in total. The quantitative estimate of drug-likeness (QED) is 0.346. The van der Waals surface area contributed by atoms with Gasteiger partial charge in [0.15, 0.2) is 5.78 Å². The fraction of sp³-hybridized carbons (Fsp3) is 0.357. The summed E-state index contributed by atoms with van der Waals surface area (Å²) in [6, 6.07) is 12.2. The van der Waals surface area contributed by atoms with Gasteiger partial charge in [0.05, 0.1) is 7.11 Å². The van der Waals surface area contributed by atoms with E-state index in [1.807, 2.05) is 30.3 Å². The second-order valence-corrected chi connectivity index (χ2v) is 9.41. The Labute approximate surface area is 214 Å². The van der Waals surface area contributed by atoms with E-state index in [4.69, 9.17) is 16.3 Å². The van der Waals surface area contributed by atoms with Gasteiger partial charge in [-0.3, -0.25) is 14.4 Å². The number of halogens is 2. The molecule has 0 unspecified atom stereocenters. The van der Waals surface area contributed by atoms with Crippen molar-refractivity contribution in [2.75, 3.05) is 7.11 Å². The molecule has 0 heterocycles. The van der Waals surface area contributed by atoms with Crippen LogP contribution in [0.3, 0.4) is 0 Å². The molecule has 0 saturated heterocycles. The van der Waals surface area contributed by atoms with E-state index in [9.17, 15) is 23.6 Å². The average molecular weight is 514 g/mol. The van der Waals surface area contributed by atoms with Crippen molar-refractivity contribution >= 4 is 41.1 Å². The van der Waals surface area contributed by atoms with Gasteiger partial charge in [-0.2, -0.15) is 0 Å². The molecular weight excluding hydrogens is 485 g/mol. The number of nitrogens with one attached hydrogen (secondary N) is 1. The number of ketones is 2. The lowest BCUT2D eigenvalue weighted by Crippen LogP contribution is -2.46. The predicted octanol–water partition coefficient (Wildman–Crippen LogP) is 4.73. The van der Waals surface area contributed by atoms with Crippen LogP contribution in [0.2, 0.25) is 5.02 Å². The molecule has 1 aliphatic rings. The van der Waals surface area contributed by atoms with Crippen LogP contribution in [0.25, 0.3) is 6.08 Å². The first-order chi connectivity index (χ1) is 17.2. The third kappa shape index (κ3) is 8.12. The van der Waals surface area contributed by atoms with E-state index in [2.05, 4.69) is 5.32 Å². The van der Waals surface area contributed by atoms with Crippen molar-refractivity contribution in [2.45, 2.75) is 44.6 Å².